The van der Waals surface area contributed by atoms with Crippen LogP contribution in [0.1, 0.15) is 18.1 Å². The first kappa shape index (κ1) is 22.1. The molecule has 0 aliphatic heterocycles. The molecule has 2 rings (SSSR count). The van der Waals surface area contributed by atoms with Gasteiger partial charge in [-0.1, -0.05) is 6.07 Å². The van der Waals surface area contributed by atoms with Crippen molar-refractivity contribution in [3.63, 3.8) is 0 Å². The van der Waals surface area contributed by atoms with Crippen LogP contribution in [0.15, 0.2) is 42.5 Å². The second kappa shape index (κ2) is 11.6. The monoisotopic (exact) mass is 401 g/mol. The van der Waals surface area contributed by atoms with Crippen LogP contribution in [0.4, 0.5) is 0 Å². The molecular formula is C22H27NO6. The van der Waals surface area contributed by atoms with E-state index < -0.39 is 11.9 Å². The summed E-state index contributed by atoms with van der Waals surface area (Å²) in [5.74, 6) is 1.03. The van der Waals surface area contributed by atoms with Crippen LogP contribution in [0.3, 0.4) is 0 Å². The van der Waals surface area contributed by atoms with Crippen LogP contribution in [0.5, 0.6) is 17.2 Å². The topological polar surface area (TPSA) is 83.1 Å². The van der Waals surface area contributed by atoms with E-state index in [1.807, 2.05) is 45.0 Å². The summed E-state index contributed by atoms with van der Waals surface area (Å²) in [6, 6.07) is 12.8. The summed E-state index contributed by atoms with van der Waals surface area (Å²) in [4.78, 5) is 23.4. The normalized spacial score (nSPS) is 10.2. The number of benzene rings is 2. The van der Waals surface area contributed by atoms with Gasteiger partial charge < -0.3 is 24.3 Å². The van der Waals surface area contributed by atoms with Gasteiger partial charge >= 0.3 is 5.97 Å². The molecule has 1 N–H and O–H groups in total. The Hall–Kier alpha value is -3.22. The third-order valence-electron chi connectivity index (χ3n) is 4.03. The maximum Gasteiger partial charge on any atom is 0.344 e. The zero-order chi connectivity index (χ0) is 21.1. The van der Waals surface area contributed by atoms with Gasteiger partial charge in [0.15, 0.2) is 13.2 Å². The fraction of sp³-hybridized carbons (Fsp3) is 0.364. The van der Waals surface area contributed by atoms with Crippen molar-refractivity contribution in [3.8, 4) is 17.2 Å². The molecule has 0 unspecified atom stereocenters. The predicted molar refractivity (Wildman–Crippen MR) is 108 cm³/mol. The Kier molecular flexibility index (Phi) is 8.82. The first-order valence-electron chi connectivity index (χ1n) is 9.46. The molecule has 156 valence electrons. The number of carbonyl (C=O) groups excluding carboxylic acids is 2. The van der Waals surface area contributed by atoms with Gasteiger partial charge in [0.25, 0.3) is 5.91 Å². The first-order valence-corrected chi connectivity index (χ1v) is 9.46. The zero-order valence-electron chi connectivity index (χ0n) is 17.0. The highest BCUT2D eigenvalue weighted by molar-refractivity contribution is 5.80. The molecule has 0 fully saturated rings. The van der Waals surface area contributed by atoms with E-state index >= 15 is 0 Å². The average Bonchev–Trinajstić information content (AvgIpc) is 2.72. The number of hydrogen-bond acceptors (Lipinski definition) is 6. The number of aryl methyl sites for hydroxylation is 2. The molecule has 29 heavy (non-hydrogen) atoms. The maximum atomic E-state index is 11.7. The Morgan fingerprint density at radius 2 is 1.48 bits per heavy atom. The van der Waals surface area contributed by atoms with E-state index in [-0.39, 0.29) is 13.2 Å². The van der Waals surface area contributed by atoms with Crippen LogP contribution < -0.4 is 19.5 Å². The third kappa shape index (κ3) is 8.13. The molecule has 0 saturated heterocycles. The van der Waals surface area contributed by atoms with Gasteiger partial charge in [-0.15, -0.1) is 0 Å². The number of nitrogens with one attached hydrogen (secondary N) is 1. The molecule has 7 heteroatoms. The van der Waals surface area contributed by atoms with Crippen LogP contribution in [0.25, 0.3) is 0 Å². The largest absolute Gasteiger partial charge is 0.494 e. The molecule has 0 bridgehead atoms. The Morgan fingerprint density at radius 3 is 2.14 bits per heavy atom. The van der Waals surface area contributed by atoms with Crippen molar-refractivity contribution in [2.75, 3.05) is 33.0 Å². The van der Waals surface area contributed by atoms with Gasteiger partial charge in [-0.2, -0.15) is 0 Å². The Labute approximate surface area is 170 Å². The number of hydrogen-bond donors (Lipinski definition) is 1. The van der Waals surface area contributed by atoms with Crippen molar-refractivity contribution in [2.45, 2.75) is 20.8 Å². The highest BCUT2D eigenvalue weighted by Gasteiger charge is 2.09. The molecule has 7 nitrogen and oxygen atoms in total. The lowest BCUT2D eigenvalue weighted by Crippen LogP contribution is -2.32. The number of rotatable bonds is 11. The number of amides is 1. The summed E-state index contributed by atoms with van der Waals surface area (Å²) >= 11 is 0. The van der Waals surface area contributed by atoms with Crippen molar-refractivity contribution < 1.29 is 28.5 Å². The summed E-state index contributed by atoms with van der Waals surface area (Å²) in [6.07, 6.45) is 0. The summed E-state index contributed by atoms with van der Waals surface area (Å²) in [6.45, 7) is 6.46. The standard InChI is InChI=1S/C22H27NO6/c1-4-26-18-7-9-19(10-8-18)27-12-11-23-21(24)14-29-22(25)15-28-20-6-5-16(2)17(3)13-20/h5-10,13H,4,11-12,14-15H2,1-3H3,(H,23,24). The molecule has 0 saturated carbocycles. The molecular weight excluding hydrogens is 374 g/mol. The van der Waals surface area contributed by atoms with Gasteiger partial charge in [-0.3, -0.25) is 4.79 Å². The fourth-order valence-electron chi connectivity index (χ4n) is 2.34. The minimum atomic E-state index is -0.607. The SMILES string of the molecule is CCOc1ccc(OCCNC(=O)COC(=O)COc2ccc(C)c(C)c2)cc1. The summed E-state index contributed by atoms with van der Waals surface area (Å²) < 4.78 is 21.1. The van der Waals surface area contributed by atoms with E-state index in [0.717, 1.165) is 16.9 Å². The molecule has 1 amide bonds. The van der Waals surface area contributed by atoms with Crippen molar-refractivity contribution >= 4 is 11.9 Å². The minimum absolute atomic E-state index is 0.253. The van der Waals surface area contributed by atoms with Crippen LogP contribution in [-0.4, -0.2) is 44.8 Å². The molecule has 0 spiro atoms. The number of ether oxygens (including phenoxy) is 4. The molecule has 0 aromatic heterocycles. The highest BCUT2D eigenvalue weighted by Crippen LogP contribution is 2.17. The minimum Gasteiger partial charge on any atom is -0.494 e. The Balaban J connectivity index is 1.57. The lowest BCUT2D eigenvalue weighted by atomic mass is 10.1. The Bertz CT molecular complexity index is 803. The molecule has 2 aromatic rings. The third-order valence-corrected chi connectivity index (χ3v) is 4.03. The van der Waals surface area contributed by atoms with Gasteiger partial charge in [0.2, 0.25) is 0 Å². The van der Waals surface area contributed by atoms with Crippen molar-refractivity contribution in [3.05, 3.63) is 53.6 Å². The molecule has 2 aromatic carbocycles. The molecule has 0 aliphatic carbocycles. The average molecular weight is 401 g/mol. The second-order valence-electron chi connectivity index (χ2n) is 6.30. The Morgan fingerprint density at radius 1 is 0.828 bits per heavy atom. The van der Waals surface area contributed by atoms with Crippen LogP contribution in [0, 0.1) is 13.8 Å². The van der Waals surface area contributed by atoms with Gasteiger partial charge in [-0.05, 0) is 68.3 Å². The highest BCUT2D eigenvalue weighted by atomic mass is 16.6. The predicted octanol–water partition coefficient (Wildman–Crippen LogP) is 2.82. The van der Waals surface area contributed by atoms with Crippen LogP contribution in [-0.2, 0) is 14.3 Å². The van der Waals surface area contributed by atoms with E-state index in [1.165, 1.54) is 0 Å². The number of carbonyl (C=O) groups is 2. The summed E-state index contributed by atoms with van der Waals surface area (Å²) in [7, 11) is 0. The van der Waals surface area contributed by atoms with E-state index in [9.17, 15) is 9.59 Å². The smallest absolute Gasteiger partial charge is 0.344 e. The van der Waals surface area contributed by atoms with Gasteiger partial charge in [0.1, 0.15) is 23.9 Å². The van der Waals surface area contributed by atoms with Gasteiger partial charge in [0.05, 0.1) is 13.2 Å². The maximum absolute atomic E-state index is 11.7. The molecule has 0 radical (unpaired) electrons. The zero-order valence-corrected chi connectivity index (χ0v) is 17.0. The second-order valence-corrected chi connectivity index (χ2v) is 6.30. The van der Waals surface area contributed by atoms with Crippen LogP contribution >= 0.6 is 0 Å². The first-order chi connectivity index (χ1) is 14.0. The lowest BCUT2D eigenvalue weighted by Gasteiger charge is -2.10. The van der Waals surface area contributed by atoms with E-state index in [0.29, 0.717) is 31.3 Å². The lowest BCUT2D eigenvalue weighted by molar-refractivity contribution is -0.150. The van der Waals surface area contributed by atoms with E-state index in [1.54, 1.807) is 18.2 Å². The summed E-state index contributed by atoms with van der Waals surface area (Å²) in [5, 5.41) is 2.62. The molecule has 0 atom stereocenters. The van der Waals surface area contributed by atoms with Crippen LogP contribution in [0.2, 0.25) is 0 Å². The quantitative estimate of drug-likeness (QED) is 0.461. The van der Waals surface area contributed by atoms with Crippen molar-refractivity contribution in [1.82, 2.24) is 5.32 Å². The number of esters is 1. The molecule has 0 heterocycles. The van der Waals surface area contributed by atoms with Crippen molar-refractivity contribution in [2.24, 2.45) is 0 Å². The summed E-state index contributed by atoms with van der Waals surface area (Å²) in [5.41, 5.74) is 2.21. The van der Waals surface area contributed by atoms with E-state index in [2.05, 4.69) is 5.32 Å². The fourth-order valence-corrected chi connectivity index (χ4v) is 2.34. The van der Waals surface area contributed by atoms with E-state index in [4.69, 9.17) is 18.9 Å². The van der Waals surface area contributed by atoms with Gasteiger partial charge in [-0.25, -0.2) is 4.79 Å². The van der Waals surface area contributed by atoms with Gasteiger partial charge in [0, 0.05) is 0 Å². The van der Waals surface area contributed by atoms with Crippen molar-refractivity contribution in [1.29, 1.82) is 0 Å². The molecule has 0 aliphatic rings.